The molecule has 0 saturated heterocycles. The summed E-state index contributed by atoms with van der Waals surface area (Å²) in [4.78, 5) is 11.7. The van der Waals surface area contributed by atoms with Crippen LogP contribution in [0.15, 0.2) is 24.3 Å². The van der Waals surface area contributed by atoms with Crippen LogP contribution in [0, 0.1) is 19.8 Å². The molecular weight excluding hydrogens is 278 g/mol. The minimum Gasteiger partial charge on any atom is -0.389 e. The van der Waals surface area contributed by atoms with Crippen molar-refractivity contribution in [3.05, 3.63) is 41.0 Å². The Kier molecular flexibility index (Phi) is 6.16. The lowest BCUT2D eigenvalue weighted by Gasteiger charge is -2.11. The van der Waals surface area contributed by atoms with Crippen molar-refractivity contribution in [1.82, 2.24) is 5.32 Å². The molecule has 4 heteroatoms. The first-order valence-corrected chi connectivity index (χ1v) is 7.83. The van der Waals surface area contributed by atoms with Gasteiger partial charge in [0.2, 0.25) is 5.91 Å². The van der Waals surface area contributed by atoms with E-state index in [2.05, 4.69) is 11.4 Å². The minimum atomic E-state index is -0.655. The molecule has 1 aliphatic carbocycles. The Labute approximate surface area is 132 Å². The van der Waals surface area contributed by atoms with Gasteiger partial charge >= 0.3 is 0 Å². The van der Waals surface area contributed by atoms with Crippen LogP contribution in [0.1, 0.15) is 29.5 Å². The summed E-state index contributed by atoms with van der Waals surface area (Å²) in [5.41, 5.74) is 3.36. The summed E-state index contributed by atoms with van der Waals surface area (Å²) in [5, 5.41) is 12.4. The van der Waals surface area contributed by atoms with E-state index in [9.17, 15) is 9.90 Å². The molecule has 1 fully saturated rings. The van der Waals surface area contributed by atoms with Crippen molar-refractivity contribution in [1.29, 1.82) is 0 Å². The van der Waals surface area contributed by atoms with Crippen molar-refractivity contribution in [3.8, 4) is 0 Å². The Bertz CT molecular complexity index is 535. The molecule has 0 radical (unpaired) electrons. The Morgan fingerprint density at radius 1 is 1.45 bits per heavy atom. The molecule has 1 aromatic carbocycles. The highest BCUT2D eigenvalue weighted by molar-refractivity contribution is 5.91. The molecule has 120 valence electrons. The van der Waals surface area contributed by atoms with Crippen LogP contribution in [-0.2, 0) is 9.53 Å². The summed E-state index contributed by atoms with van der Waals surface area (Å²) >= 11 is 0. The molecule has 1 atom stereocenters. The quantitative estimate of drug-likeness (QED) is 0.724. The largest absolute Gasteiger partial charge is 0.389 e. The molecule has 4 nitrogen and oxygen atoms in total. The van der Waals surface area contributed by atoms with Gasteiger partial charge in [-0.25, -0.2) is 0 Å². The molecule has 22 heavy (non-hydrogen) atoms. The van der Waals surface area contributed by atoms with Crippen molar-refractivity contribution < 1.29 is 14.6 Å². The third-order valence-corrected chi connectivity index (χ3v) is 3.71. The van der Waals surface area contributed by atoms with Crippen molar-refractivity contribution in [2.24, 2.45) is 5.92 Å². The van der Waals surface area contributed by atoms with E-state index in [-0.39, 0.29) is 19.1 Å². The predicted octanol–water partition coefficient (Wildman–Crippen LogP) is 2.22. The van der Waals surface area contributed by atoms with Gasteiger partial charge in [0.1, 0.15) is 0 Å². The number of rotatable bonds is 8. The van der Waals surface area contributed by atoms with E-state index in [1.165, 1.54) is 24.5 Å². The Morgan fingerprint density at radius 3 is 2.91 bits per heavy atom. The number of aliphatic hydroxyl groups is 1. The molecule has 0 aliphatic heterocycles. The summed E-state index contributed by atoms with van der Waals surface area (Å²) in [6.45, 7) is 5.27. The molecular formula is C18H25NO3. The maximum Gasteiger partial charge on any atom is 0.244 e. The van der Waals surface area contributed by atoms with Crippen molar-refractivity contribution in [2.75, 3.05) is 19.8 Å². The van der Waals surface area contributed by atoms with Gasteiger partial charge in [0.15, 0.2) is 0 Å². The molecule has 0 aromatic heterocycles. The standard InChI is InChI=1S/C18H25NO3/c1-13-3-6-16(14(2)9-13)7-8-18(21)19-10-17(20)12-22-11-15-4-5-15/h3,6-9,15,17,20H,4-5,10-12H2,1-2H3,(H,19,21)/b8-7+. The third kappa shape index (κ3) is 6.00. The molecule has 2 N–H and O–H groups in total. The van der Waals surface area contributed by atoms with Crippen molar-refractivity contribution >= 4 is 12.0 Å². The zero-order valence-corrected chi connectivity index (χ0v) is 13.3. The number of hydrogen-bond acceptors (Lipinski definition) is 3. The van der Waals surface area contributed by atoms with E-state index < -0.39 is 6.10 Å². The Balaban J connectivity index is 1.68. The van der Waals surface area contributed by atoms with Gasteiger partial charge in [-0.05, 0) is 49.8 Å². The highest BCUT2D eigenvalue weighted by Gasteiger charge is 2.21. The van der Waals surface area contributed by atoms with Gasteiger partial charge < -0.3 is 15.2 Å². The van der Waals surface area contributed by atoms with Gasteiger partial charge in [-0.15, -0.1) is 0 Å². The topological polar surface area (TPSA) is 58.6 Å². The van der Waals surface area contributed by atoms with Gasteiger partial charge in [0.25, 0.3) is 0 Å². The van der Waals surface area contributed by atoms with E-state index >= 15 is 0 Å². The second-order valence-electron chi connectivity index (χ2n) is 6.07. The zero-order chi connectivity index (χ0) is 15.9. The van der Waals surface area contributed by atoms with Crippen molar-refractivity contribution in [2.45, 2.75) is 32.8 Å². The summed E-state index contributed by atoms with van der Waals surface area (Å²) < 4.78 is 5.39. The Hall–Kier alpha value is -1.65. The SMILES string of the molecule is Cc1ccc(/C=C/C(=O)NCC(O)COCC2CC2)c(C)c1. The molecule has 1 unspecified atom stereocenters. The lowest BCUT2D eigenvalue weighted by atomic mass is 10.1. The second kappa shape index (κ2) is 8.11. The maximum absolute atomic E-state index is 11.7. The smallest absolute Gasteiger partial charge is 0.244 e. The van der Waals surface area contributed by atoms with Crippen LogP contribution >= 0.6 is 0 Å². The van der Waals surface area contributed by atoms with Crippen LogP contribution in [0.2, 0.25) is 0 Å². The van der Waals surface area contributed by atoms with Gasteiger partial charge in [-0.2, -0.15) is 0 Å². The van der Waals surface area contributed by atoms with Gasteiger partial charge in [0, 0.05) is 19.2 Å². The number of carbonyl (C=O) groups excluding carboxylic acids is 1. The first-order chi connectivity index (χ1) is 10.5. The second-order valence-corrected chi connectivity index (χ2v) is 6.07. The average Bonchev–Trinajstić information content (AvgIpc) is 3.28. The predicted molar refractivity (Wildman–Crippen MR) is 87.5 cm³/mol. The van der Waals surface area contributed by atoms with Crippen LogP contribution in [0.4, 0.5) is 0 Å². The molecule has 1 amide bonds. The van der Waals surface area contributed by atoms with E-state index in [0.717, 1.165) is 17.7 Å². The lowest BCUT2D eigenvalue weighted by molar-refractivity contribution is -0.117. The number of amides is 1. The van der Waals surface area contributed by atoms with Crippen molar-refractivity contribution in [3.63, 3.8) is 0 Å². The van der Waals surface area contributed by atoms with Crippen LogP contribution in [-0.4, -0.2) is 36.9 Å². The normalized spacial score (nSPS) is 16.0. The van der Waals surface area contributed by atoms with Crippen LogP contribution in [0.25, 0.3) is 6.08 Å². The van der Waals surface area contributed by atoms with Crippen LogP contribution in [0.3, 0.4) is 0 Å². The summed E-state index contributed by atoms with van der Waals surface area (Å²) in [6, 6.07) is 6.10. The van der Waals surface area contributed by atoms with E-state index in [0.29, 0.717) is 5.92 Å². The number of nitrogens with one attached hydrogen (secondary N) is 1. The number of hydrogen-bond donors (Lipinski definition) is 2. The summed E-state index contributed by atoms with van der Waals surface area (Å²) in [6.07, 6.45) is 5.10. The first kappa shape index (κ1) is 16.7. The number of aliphatic hydroxyl groups excluding tert-OH is 1. The fourth-order valence-corrected chi connectivity index (χ4v) is 2.17. The Morgan fingerprint density at radius 2 is 2.23 bits per heavy atom. The van der Waals surface area contributed by atoms with Crippen LogP contribution in [0.5, 0.6) is 0 Å². The number of ether oxygens (including phenoxy) is 1. The highest BCUT2D eigenvalue weighted by Crippen LogP contribution is 2.28. The summed E-state index contributed by atoms with van der Waals surface area (Å²) in [5.74, 6) is 0.476. The molecule has 1 aromatic rings. The molecule has 0 bridgehead atoms. The monoisotopic (exact) mass is 303 g/mol. The molecule has 0 heterocycles. The van der Waals surface area contributed by atoms with E-state index in [4.69, 9.17) is 4.74 Å². The average molecular weight is 303 g/mol. The third-order valence-electron chi connectivity index (χ3n) is 3.71. The molecule has 0 spiro atoms. The van der Waals surface area contributed by atoms with E-state index in [1.54, 1.807) is 6.08 Å². The molecule has 1 aliphatic rings. The molecule has 1 saturated carbocycles. The number of carbonyl (C=O) groups is 1. The highest BCUT2D eigenvalue weighted by atomic mass is 16.5. The maximum atomic E-state index is 11.7. The van der Waals surface area contributed by atoms with Crippen LogP contribution < -0.4 is 5.32 Å². The van der Waals surface area contributed by atoms with E-state index in [1.807, 2.05) is 26.0 Å². The summed E-state index contributed by atoms with van der Waals surface area (Å²) in [7, 11) is 0. The fourth-order valence-electron chi connectivity index (χ4n) is 2.17. The lowest BCUT2D eigenvalue weighted by Crippen LogP contribution is -2.33. The first-order valence-electron chi connectivity index (χ1n) is 7.83. The van der Waals surface area contributed by atoms with Gasteiger partial charge in [-0.1, -0.05) is 23.8 Å². The fraction of sp³-hybridized carbons (Fsp3) is 0.500. The number of benzene rings is 1. The molecule has 2 rings (SSSR count). The number of aryl methyl sites for hydroxylation is 2. The minimum absolute atomic E-state index is 0.207. The van der Waals surface area contributed by atoms with Gasteiger partial charge in [-0.3, -0.25) is 4.79 Å². The zero-order valence-electron chi connectivity index (χ0n) is 13.3. The van der Waals surface area contributed by atoms with Gasteiger partial charge in [0.05, 0.1) is 12.7 Å².